The van der Waals surface area contributed by atoms with Crippen LogP contribution in [0.1, 0.15) is 0 Å². The molecule has 4 heterocycles. The van der Waals surface area contributed by atoms with Gasteiger partial charge >= 0.3 is 0 Å². The number of hydrogen-bond acceptors (Lipinski definition) is 6. The highest BCUT2D eigenvalue weighted by atomic mass is 32.1. The van der Waals surface area contributed by atoms with Gasteiger partial charge in [-0.2, -0.15) is 0 Å². The minimum absolute atomic E-state index is 0.565. The molecule has 0 spiro atoms. The van der Waals surface area contributed by atoms with E-state index in [1.54, 1.807) is 11.3 Å². The number of hydrogen-bond donors (Lipinski definition) is 0. The van der Waals surface area contributed by atoms with Gasteiger partial charge in [-0.15, -0.1) is 11.3 Å². The Morgan fingerprint density at radius 2 is 0.803 bits per heavy atom. The maximum Gasteiger partial charge on any atom is 0.165 e. The molecule has 0 radical (unpaired) electrons. The number of aromatic nitrogens is 7. The summed E-state index contributed by atoms with van der Waals surface area (Å²) in [6.07, 6.45) is 0. The Kier molecular flexibility index (Phi) is 8.21. The van der Waals surface area contributed by atoms with Crippen molar-refractivity contribution in [3.8, 4) is 68.3 Å². The number of fused-ring (bicyclic) bond motifs is 5. The van der Waals surface area contributed by atoms with Crippen LogP contribution >= 0.6 is 11.3 Å². The summed E-state index contributed by atoms with van der Waals surface area (Å²) in [5.74, 6) is 3.47. The minimum atomic E-state index is 0.565. The fourth-order valence-electron chi connectivity index (χ4n) is 8.36. The monoisotopic (exact) mass is 799 g/mol. The Morgan fingerprint density at radius 3 is 1.34 bits per heavy atom. The average molecular weight is 800 g/mol. The van der Waals surface area contributed by atoms with E-state index in [9.17, 15) is 0 Å². The SMILES string of the molecule is c1ccc(-c2nc3cc(-c4nc(-c5ccc6c(c5)nc(-c5ccccc5)n6-c5ccccc5)nc(-c5cccc6c5sc5ccccc56)n4)ccc3n2-c2ccccc2)cc1. The van der Waals surface area contributed by atoms with E-state index in [1.165, 1.54) is 15.5 Å². The van der Waals surface area contributed by atoms with Gasteiger partial charge in [-0.3, -0.25) is 9.13 Å². The van der Waals surface area contributed by atoms with Crippen molar-refractivity contribution in [3.05, 3.63) is 200 Å². The summed E-state index contributed by atoms with van der Waals surface area (Å²) in [6, 6.07) is 69.0. The molecular weight excluding hydrogens is 767 g/mol. The summed E-state index contributed by atoms with van der Waals surface area (Å²) in [6.45, 7) is 0. The molecule has 12 aromatic rings. The molecule has 0 bridgehead atoms. The molecule has 0 aliphatic heterocycles. The second-order valence-corrected chi connectivity index (χ2v) is 16.0. The Bertz CT molecular complexity index is 3400. The molecule has 0 saturated heterocycles. The zero-order valence-electron chi connectivity index (χ0n) is 32.6. The summed E-state index contributed by atoms with van der Waals surface area (Å²) < 4.78 is 6.80. The average Bonchev–Trinajstić information content (AvgIpc) is 4.04. The second-order valence-electron chi connectivity index (χ2n) is 14.9. The summed E-state index contributed by atoms with van der Waals surface area (Å²) >= 11 is 1.76. The highest BCUT2D eigenvalue weighted by molar-refractivity contribution is 7.26. The lowest BCUT2D eigenvalue weighted by atomic mass is 10.1. The smallest absolute Gasteiger partial charge is 0.165 e. The highest BCUT2D eigenvalue weighted by Gasteiger charge is 2.21. The maximum atomic E-state index is 5.26. The van der Waals surface area contributed by atoms with E-state index < -0.39 is 0 Å². The van der Waals surface area contributed by atoms with Crippen LogP contribution in [0.5, 0.6) is 0 Å². The molecule has 286 valence electrons. The van der Waals surface area contributed by atoms with Crippen molar-refractivity contribution in [2.75, 3.05) is 0 Å². The first-order valence-electron chi connectivity index (χ1n) is 20.2. The molecule has 0 saturated carbocycles. The van der Waals surface area contributed by atoms with Crippen molar-refractivity contribution < 1.29 is 0 Å². The molecule has 61 heavy (non-hydrogen) atoms. The van der Waals surface area contributed by atoms with Gasteiger partial charge in [0.25, 0.3) is 0 Å². The van der Waals surface area contributed by atoms with E-state index in [1.807, 2.05) is 48.5 Å². The number of imidazole rings is 2. The zero-order valence-corrected chi connectivity index (χ0v) is 33.4. The summed E-state index contributed by atoms with van der Waals surface area (Å²) in [4.78, 5) is 26.3. The molecule has 0 aliphatic rings. The quantitative estimate of drug-likeness (QED) is 0.160. The Hall–Kier alpha value is -8.07. The minimum Gasteiger partial charge on any atom is -0.292 e. The van der Waals surface area contributed by atoms with Gasteiger partial charge in [0.05, 0.1) is 22.1 Å². The lowest BCUT2D eigenvalue weighted by Crippen LogP contribution is -2.01. The Balaban J connectivity index is 1.07. The van der Waals surface area contributed by atoms with E-state index in [-0.39, 0.29) is 0 Å². The van der Waals surface area contributed by atoms with Crippen molar-refractivity contribution in [2.45, 2.75) is 0 Å². The standard InChI is InChI=1S/C53H33N7S/c1-5-16-34(17-6-1)52-54-43-32-36(28-30-45(43)59(52)38-20-9-3-10-21-38)49-56-50(58-51(57-49)42-26-15-25-41-40-24-13-14-27-47(40)61-48(41)42)37-29-31-46-44(33-37)55-53(35-18-7-2-8-19-35)60(46)39-22-11-4-12-23-39/h1-33H. The fourth-order valence-corrected chi connectivity index (χ4v) is 9.57. The van der Waals surface area contributed by atoms with E-state index in [4.69, 9.17) is 24.9 Å². The van der Waals surface area contributed by atoms with Crippen molar-refractivity contribution in [1.29, 1.82) is 0 Å². The van der Waals surface area contributed by atoms with Gasteiger partial charge < -0.3 is 0 Å². The van der Waals surface area contributed by atoms with Crippen LogP contribution in [0.3, 0.4) is 0 Å². The molecule has 12 rings (SSSR count). The van der Waals surface area contributed by atoms with Crippen LogP contribution in [0, 0.1) is 0 Å². The third-order valence-corrected chi connectivity index (χ3v) is 12.4. The third kappa shape index (κ3) is 6.00. The molecule has 8 heteroatoms. The second kappa shape index (κ2) is 14.3. The summed E-state index contributed by atoms with van der Waals surface area (Å²) in [7, 11) is 0. The summed E-state index contributed by atoms with van der Waals surface area (Å²) in [5, 5.41) is 2.41. The molecule has 0 N–H and O–H groups in total. The van der Waals surface area contributed by atoms with Crippen molar-refractivity contribution in [2.24, 2.45) is 0 Å². The van der Waals surface area contributed by atoms with Crippen LogP contribution in [0.2, 0.25) is 0 Å². The number of nitrogens with zero attached hydrogens (tertiary/aromatic N) is 7. The predicted octanol–water partition coefficient (Wildman–Crippen LogP) is 13.3. The van der Waals surface area contributed by atoms with Gasteiger partial charge in [0.1, 0.15) is 11.6 Å². The van der Waals surface area contributed by atoms with Crippen molar-refractivity contribution in [1.82, 2.24) is 34.1 Å². The van der Waals surface area contributed by atoms with Gasteiger partial charge in [0, 0.05) is 59.4 Å². The van der Waals surface area contributed by atoms with Crippen LogP contribution in [-0.2, 0) is 0 Å². The Morgan fingerprint density at radius 1 is 0.344 bits per heavy atom. The van der Waals surface area contributed by atoms with Gasteiger partial charge in [-0.1, -0.05) is 127 Å². The molecule has 0 atom stereocenters. The van der Waals surface area contributed by atoms with Crippen molar-refractivity contribution in [3.63, 3.8) is 0 Å². The highest BCUT2D eigenvalue weighted by Crippen LogP contribution is 2.40. The van der Waals surface area contributed by atoms with Gasteiger partial charge in [0.15, 0.2) is 17.5 Å². The molecule has 0 fully saturated rings. The van der Waals surface area contributed by atoms with E-state index >= 15 is 0 Å². The van der Waals surface area contributed by atoms with Gasteiger partial charge in [-0.25, -0.2) is 24.9 Å². The normalized spacial score (nSPS) is 11.6. The maximum absolute atomic E-state index is 5.26. The lowest BCUT2D eigenvalue weighted by molar-refractivity contribution is 1.08. The largest absolute Gasteiger partial charge is 0.292 e. The summed E-state index contributed by atoms with van der Waals surface area (Å²) in [5.41, 5.74) is 10.5. The molecule has 0 amide bonds. The topological polar surface area (TPSA) is 74.3 Å². The lowest BCUT2D eigenvalue weighted by Gasteiger charge is -2.11. The number of benzene rings is 8. The van der Waals surface area contributed by atoms with Gasteiger partial charge in [-0.05, 0) is 72.8 Å². The molecule has 4 aromatic heterocycles. The number of thiophene rings is 1. The molecule has 7 nitrogen and oxygen atoms in total. The first-order chi connectivity index (χ1) is 30.2. The Labute approximate surface area is 354 Å². The van der Waals surface area contributed by atoms with E-state index in [2.05, 4.69) is 161 Å². The van der Waals surface area contributed by atoms with Crippen LogP contribution < -0.4 is 0 Å². The molecule has 0 aliphatic carbocycles. The molecular formula is C53H33N7S. The van der Waals surface area contributed by atoms with Gasteiger partial charge in [0.2, 0.25) is 0 Å². The van der Waals surface area contributed by atoms with Crippen LogP contribution in [0.25, 0.3) is 111 Å². The molecule has 0 unspecified atom stereocenters. The van der Waals surface area contributed by atoms with Crippen LogP contribution in [0.15, 0.2) is 200 Å². The number of para-hydroxylation sites is 2. The van der Waals surface area contributed by atoms with Crippen molar-refractivity contribution >= 4 is 53.6 Å². The van der Waals surface area contributed by atoms with Crippen LogP contribution in [-0.4, -0.2) is 34.1 Å². The zero-order chi connectivity index (χ0) is 40.3. The van der Waals surface area contributed by atoms with E-state index in [0.717, 1.165) is 77.6 Å². The number of rotatable bonds is 7. The van der Waals surface area contributed by atoms with E-state index in [0.29, 0.717) is 17.5 Å². The predicted molar refractivity (Wildman–Crippen MR) is 249 cm³/mol. The first-order valence-corrected chi connectivity index (χ1v) is 21.0. The molecule has 8 aromatic carbocycles. The van der Waals surface area contributed by atoms with Crippen LogP contribution in [0.4, 0.5) is 0 Å². The fraction of sp³-hybridized carbons (Fsp3) is 0. The first kappa shape index (κ1) is 34.9. The third-order valence-electron chi connectivity index (χ3n) is 11.2.